The highest BCUT2D eigenvalue weighted by Gasteiger charge is 2.40. The molecule has 1 atom stereocenters. The molecule has 7 heteroatoms. The zero-order valence-corrected chi connectivity index (χ0v) is 11.1. The number of halogens is 1. The van der Waals surface area contributed by atoms with Crippen molar-refractivity contribution < 1.29 is 19.1 Å². The van der Waals surface area contributed by atoms with Crippen molar-refractivity contribution >= 4 is 11.9 Å². The van der Waals surface area contributed by atoms with Gasteiger partial charge in [0.2, 0.25) is 0 Å². The SMILES string of the molecule is O=C1NC2=C(C(=O)N(CCO)C2)C(c2ccccc2F)N1. The first kappa shape index (κ1) is 13.6. The highest BCUT2D eigenvalue weighted by Crippen LogP contribution is 2.33. The van der Waals surface area contributed by atoms with Gasteiger partial charge in [0.15, 0.2) is 0 Å². The van der Waals surface area contributed by atoms with Gasteiger partial charge in [0.1, 0.15) is 5.82 Å². The van der Waals surface area contributed by atoms with Crippen molar-refractivity contribution in [3.8, 4) is 0 Å². The van der Waals surface area contributed by atoms with E-state index in [9.17, 15) is 14.0 Å². The van der Waals surface area contributed by atoms with Crippen LogP contribution in [0.4, 0.5) is 9.18 Å². The first-order valence-electron chi connectivity index (χ1n) is 6.57. The summed E-state index contributed by atoms with van der Waals surface area (Å²) in [5, 5.41) is 14.1. The lowest BCUT2D eigenvalue weighted by Crippen LogP contribution is -2.44. The van der Waals surface area contributed by atoms with Crippen molar-refractivity contribution in [2.45, 2.75) is 6.04 Å². The number of benzene rings is 1. The molecule has 0 aliphatic carbocycles. The van der Waals surface area contributed by atoms with Crippen molar-refractivity contribution in [3.05, 3.63) is 46.9 Å². The fourth-order valence-corrected chi connectivity index (χ4v) is 2.67. The topological polar surface area (TPSA) is 81.7 Å². The van der Waals surface area contributed by atoms with Crippen LogP contribution < -0.4 is 10.6 Å². The third-order valence-electron chi connectivity index (χ3n) is 3.61. The van der Waals surface area contributed by atoms with Gasteiger partial charge in [-0.25, -0.2) is 9.18 Å². The van der Waals surface area contributed by atoms with E-state index in [0.717, 1.165) is 0 Å². The Hall–Kier alpha value is -2.41. The van der Waals surface area contributed by atoms with Gasteiger partial charge in [-0.1, -0.05) is 18.2 Å². The Morgan fingerprint density at radius 3 is 2.81 bits per heavy atom. The van der Waals surface area contributed by atoms with Crippen LogP contribution in [-0.2, 0) is 4.79 Å². The van der Waals surface area contributed by atoms with Crippen molar-refractivity contribution in [2.24, 2.45) is 0 Å². The van der Waals surface area contributed by atoms with E-state index in [0.29, 0.717) is 11.3 Å². The average Bonchev–Trinajstić information content (AvgIpc) is 2.75. The second kappa shape index (κ2) is 5.17. The van der Waals surface area contributed by atoms with Crippen LogP contribution in [0.2, 0.25) is 0 Å². The lowest BCUT2D eigenvalue weighted by molar-refractivity contribution is -0.126. The Balaban J connectivity index is 2.01. The molecule has 0 saturated carbocycles. The monoisotopic (exact) mass is 291 g/mol. The molecule has 21 heavy (non-hydrogen) atoms. The predicted octanol–water partition coefficient (Wildman–Crippen LogP) is 0.268. The number of rotatable bonds is 3. The Kier molecular flexibility index (Phi) is 3.34. The van der Waals surface area contributed by atoms with E-state index < -0.39 is 17.9 Å². The van der Waals surface area contributed by atoms with Crippen LogP contribution in [0.1, 0.15) is 11.6 Å². The number of nitrogens with one attached hydrogen (secondary N) is 2. The number of aliphatic hydroxyl groups excluding tert-OH is 1. The molecule has 3 N–H and O–H groups in total. The molecule has 1 aromatic rings. The molecule has 110 valence electrons. The highest BCUT2D eigenvalue weighted by molar-refractivity contribution is 6.01. The summed E-state index contributed by atoms with van der Waals surface area (Å²) in [6, 6.07) is 4.74. The third kappa shape index (κ3) is 2.25. The predicted molar refractivity (Wildman–Crippen MR) is 71.5 cm³/mol. The van der Waals surface area contributed by atoms with Crippen LogP contribution in [0, 0.1) is 5.82 Å². The molecule has 1 aromatic carbocycles. The van der Waals surface area contributed by atoms with Crippen molar-refractivity contribution in [1.29, 1.82) is 0 Å². The molecular formula is C14H14FN3O3. The Labute approximate surface area is 120 Å². The molecule has 2 aliphatic heterocycles. The third-order valence-corrected chi connectivity index (χ3v) is 3.61. The van der Waals surface area contributed by atoms with Gasteiger partial charge in [-0.15, -0.1) is 0 Å². The molecule has 0 spiro atoms. The minimum absolute atomic E-state index is 0.169. The van der Waals surface area contributed by atoms with E-state index in [1.54, 1.807) is 12.1 Å². The maximum Gasteiger partial charge on any atom is 0.319 e. The van der Waals surface area contributed by atoms with E-state index in [4.69, 9.17) is 5.11 Å². The van der Waals surface area contributed by atoms with Crippen molar-refractivity contribution in [3.63, 3.8) is 0 Å². The molecule has 0 fully saturated rings. The second-order valence-electron chi connectivity index (χ2n) is 4.90. The quantitative estimate of drug-likeness (QED) is 0.747. The summed E-state index contributed by atoms with van der Waals surface area (Å²) in [4.78, 5) is 25.5. The van der Waals surface area contributed by atoms with Crippen LogP contribution in [0.5, 0.6) is 0 Å². The lowest BCUT2D eigenvalue weighted by Gasteiger charge is -2.25. The first-order chi connectivity index (χ1) is 10.1. The Morgan fingerprint density at radius 2 is 2.10 bits per heavy atom. The number of carbonyl (C=O) groups excluding carboxylic acids is 2. The zero-order valence-electron chi connectivity index (χ0n) is 11.1. The van der Waals surface area contributed by atoms with Crippen LogP contribution in [0.3, 0.4) is 0 Å². The number of hydrogen-bond acceptors (Lipinski definition) is 3. The minimum atomic E-state index is -0.814. The number of hydrogen-bond donors (Lipinski definition) is 3. The highest BCUT2D eigenvalue weighted by atomic mass is 19.1. The number of aliphatic hydroxyl groups is 1. The molecule has 3 amide bonds. The molecule has 1 unspecified atom stereocenters. The van der Waals surface area contributed by atoms with Gasteiger partial charge < -0.3 is 20.6 Å². The normalized spacial score (nSPS) is 21.2. The van der Waals surface area contributed by atoms with E-state index in [-0.39, 0.29) is 31.2 Å². The summed E-state index contributed by atoms with van der Waals surface area (Å²) in [7, 11) is 0. The molecule has 0 aromatic heterocycles. The van der Waals surface area contributed by atoms with Crippen molar-refractivity contribution in [1.82, 2.24) is 15.5 Å². The zero-order chi connectivity index (χ0) is 15.0. The fraction of sp³-hybridized carbons (Fsp3) is 0.286. The maximum absolute atomic E-state index is 14.0. The fourth-order valence-electron chi connectivity index (χ4n) is 2.67. The summed E-state index contributed by atoms with van der Waals surface area (Å²) in [5.74, 6) is -0.787. The summed E-state index contributed by atoms with van der Waals surface area (Å²) in [6.07, 6.45) is 0. The second-order valence-corrected chi connectivity index (χ2v) is 4.90. The van der Waals surface area contributed by atoms with Crippen LogP contribution >= 0.6 is 0 Å². The van der Waals surface area contributed by atoms with Crippen molar-refractivity contribution in [2.75, 3.05) is 19.7 Å². The van der Waals surface area contributed by atoms with Gasteiger partial charge in [0, 0.05) is 12.1 Å². The molecular weight excluding hydrogens is 277 g/mol. The van der Waals surface area contributed by atoms with Gasteiger partial charge in [0.25, 0.3) is 5.91 Å². The van der Waals surface area contributed by atoms with Crippen LogP contribution in [-0.4, -0.2) is 41.6 Å². The molecule has 6 nitrogen and oxygen atoms in total. The number of amides is 3. The summed E-state index contributed by atoms with van der Waals surface area (Å²) in [5.41, 5.74) is 1.04. The standard InChI is InChI=1S/C14H14FN3O3/c15-9-4-2-1-3-8(9)12-11-10(16-14(21)17-12)7-18(5-6-19)13(11)20/h1-4,12,19H,5-7H2,(H2,16,17,21). The molecule has 2 aliphatic rings. The summed E-state index contributed by atoms with van der Waals surface area (Å²) in [6.45, 7) is 0.219. The molecule has 0 radical (unpaired) electrons. The van der Waals surface area contributed by atoms with Crippen LogP contribution in [0.15, 0.2) is 35.5 Å². The van der Waals surface area contributed by atoms with E-state index in [1.807, 2.05) is 0 Å². The number of urea groups is 1. The lowest BCUT2D eigenvalue weighted by atomic mass is 9.96. The van der Waals surface area contributed by atoms with Gasteiger partial charge >= 0.3 is 6.03 Å². The smallest absolute Gasteiger partial charge is 0.319 e. The Bertz CT molecular complexity index is 644. The van der Waals surface area contributed by atoms with Gasteiger partial charge in [-0.2, -0.15) is 0 Å². The first-order valence-corrected chi connectivity index (χ1v) is 6.57. The van der Waals surface area contributed by atoms with Crippen LogP contribution in [0.25, 0.3) is 0 Å². The van der Waals surface area contributed by atoms with E-state index in [2.05, 4.69) is 10.6 Å². The van der Waals surface area contributed by atoms with Gasteiger partial charge in [0.05, 0.1) is 30.5 Å². The largest absolute Gasteiger partial charge is 0.395 e. The molecule has 3 rings (SSSR count). The van der Waals surface area contributed by atoms with Gasteiger partial charge in [-0.3, -0.25) is 4.79 Å². The minimum Gasteiger partial charge on any atom is -0.395 e. The Morgan fingerprint density at radius 1 is 1.33 bits per heavy atom. The number of β-amino-alcohol motifs (C(OH)–C–C–N with tert-alkyl or cyclic N) is 1. The summed E-state index contributed by atoms with van der Waals surface area (Å²) >= 11 is 0. The molecule has 2 heterocycles. The number of nitrogens with zero attached hydrogens (tertiary/aromatic N) is 1. The number of carbonyl (C=O) groups is 2. The molecule has 0 saturated heterocycles. The van der Waals surface area contributed by atoms with E-state index in [1.165, 1.54) is 17.0 Å². The average molecular weight is 291 g/mol. The summed E-state index contributed by atoms with van der Waals surface area (Å²) < 4.78 is 14.0. The maximum atomic E-state index is 14.0. The molecule has 0 bridgehead atoms. The van der Waals surface area contributed by atoms with Gasteiger partial charge in [-0.05, 0) is 6.07 Å². The van der Waals surface area contributed by atoms with E-state index >= 15 is 0 Å².